The van der Waals surface area contributed by atoms with Crippen molar-refractivity contribution in [1.29, 1.82) is 0 Å². The molecule has 0 heterocycles. The van der Waals surface area contributed by atoms with Crippen LogP contribution in [0.15, 0.2) is 12.1 Å². The molecule has 16 heavy (non-hydrogen) atoms. The fourth-order valence-corrected chi connectivity index (χ4v) is 2.02. The number of halogens is 4. The van der Waals surface area contributed by atoms with Crippen LogP contribution in [-0.4, -0.2) is 20.1 Å². The molecule has 1 unspecified atom stereocenters. The first-order valence-corrected chi connectivity index (χ1v) is 5.28. The van der Waals surface area contributed by atoms with Gasteiger partial charge in [0.1, 0.15) is 5.75 Å². The second-order valence-corrected chi connectivity index (χ2v) is 4.03. The van der Waals surface area contributed by atoms with E-state index in [-0.39, 0.29) is 27.9 Å². The third kappa shape index (κ3) is 2.75. The molecule has 1 aromatic carbocycles. The Morgan fingerprint density at radius 1 is 1.38 bits per heavy atom. The van der Waals surface area contributed by atoms with E-state index in [1.807, 2.05) is 0 Å². The van der Waals surface area contributed by atoms with E-state index in [0.717, 1.165) is 0 Å². The van der Waals surface area contributed by atoms with Gasteiger partial charge in [-0.2, -0.15) is 0 Å². The standard InChI is InChI=1S/C10H11Cl2F2NO/c1-16-9-6(7(4-15)10(13)14)2-5(11)3-8(9)12/h2-3,7,10H,4,15H2,1H3. The van der Waals surface area contributed by atoms with Gasteiger partial charge in [0, 0.05) is 17.1 Å². The number of alkyl halides is 2. The van der Waals surface area contributed by atoms with E-state index in [1.54, 1.807) is 0 Å². The van der Waals surface area contributed by atoms with Crippen LogP contribution in [-0.2, 0) is 0 Å². The van der Waals surface area contributed by atoms with Crippen LogP contribution >= 0.6 is 23.2 Å². The maximum Gasteiger partial charge on any atom is 0.246 e. The van der Waals surface area contributed by atoms with E-state index < -0.39 is 12.3 Å². The van der Waals surface area contributed by atoms with Gasteiger partial charge in [0.25, 0.3) is 0 Å². The van der Waals surface area contributed by atoms with Crippen molar-refractivity contribution >= 4 is 23.2 Å². The normalized spacial score (nSPS) is 12.9. The summed E-state index contributed by atoms with van der Waals surface area (Å²) < 4.78 is 30.5. The van der Waals surface area contributed by atoms with Gasteiger partial charge in [-0.15, -0.1) is 0 Å². The molecule has 2 N–H and O–H groups in total. The van der Waals surface area contributed by atoms with Crippen molar-refractivity contribution in [2.75, 3.05) is 13.7 Å². The van der Waals surface area contributed by atoms with Crippen LogP contribution < -0.4 is 10.5 Å². The number of ether oxygens (including phenoxy) is 1. The van der Waals surface area contributed by atoms with Crippen LogP contribution in [0.1, 0.15) is 11.5 Å². The number of methoxy groups -OCH3 is 1. The number of benzene rings is 1. The molecule has 0 amide bonds. The first-order chi connectivity index (χ1) is 7.51. The van der Waals surface area contributed by atoms with Crippen LogP contribution in [0.4, 0.5) is 8.78 Å². The highest BCUT2D eigenvalue weighted by atomic mass is 35.5. The van der Waals surface area contributed by atoms with Gasteiger partial charge in [-0.1, -0.05) is 23.2 Å². The summed E-state index contributed by atoms with van der Waals surface area (Å²) in [5, 5.41) is 0.476. The predicted octanol–water partition coefficient (Wildman–Crippen LogP) is 3.31. The minimum absolute atomic E-state index is 0.196. The summed E-state index contributed by atoms with van der Waals surface area (Å²) >= 11 is 11.6. The Morgan fingerprint density at radius 2 is 2.00 bits per heavy atom. The summed E-state index contributed by atoms with van der Waals surface area (Å²) in [6, 6.07) is 2.83. The molecule has 0 radical (unpaired) electrons. The molecule has 0 aliphatic carbocycles. The number of rotatable bonds is 4. The van der Waals surface area contributed by atoms with Gasteiger partial charge in [-0.3, -0.25) is 0 Å². The highest BCUT2D eigenvalue weighted by Gasteiger charge is 2.25. The molecule has 0 fully saturated rings. The third-order valence-electron chi connectivity index (χ3n) is 2.20. The van der Waals surface area contributed by atoms with E-state index in [4.69, 9.17) is 33.7 Å². The monoisotopic (exact) mass is 269 g/mol. The second kappa shape index (κ2) is 5.66. The van der Waals surface area contributed by atoms with Gasteiger partial charge in [0.15, 0.2) is 0 Å². The largest absolute Gasteiger partial charge is 0.495 e. The van der Waals surface area contributed by atoms with E-state index >= 15 is 0 Å². The number of hydrogen-bond acceptors (Lipinski definition) is 2. The summed E-state index contributed by atoms with van der Waals surface area (Å²) in [6.07, 6.45) is -2.59. The molecule has 6 heteroatoms. The van der Waals surface area contributed by atoms with Crippen molar-refractivity contribution in [2.24, 2.45) is 5.73 Å². The molecular formula is C10H11Cl2F2NO. The zero-order valence-electron chi connectivity index (χ0n) is 8.51. The predicted molar refractivity (Wildman–Crippen MR) is 60.8 cm³/mol. The van der Waals surface area contributed by atoms with E-state index in [2.05, 4.69) is 0 Å². The lowest BCUT2D eigenvalue weighted by Gasteiger charge is -2.18. The average Bonchev–Trinajstić information content (AvgIpc) is 2.17. The molecule has 0 saturated carbocycles. The maximum absolute atomic E-state index is 12.7. The van der Waals surface area contributed by atoms with Crippen LogP contribution in [0.5, 0.6) is 5.75 Å². The quantitative estimate of drug-likeness (QED) is 0.910. The SMILES string of the molecule is COc1c(Cl)cc(Cl)cc1C(CN)C(F)F. The van der Waals surface area contributed by atoms with E-state index in [1.165, 1.54) is 19.2 Å². The molecule has 1 rings (SSSR count). The summed E-state index contributed by atoms with van der Waals surface area (Å²) in [6.45, 7) is -0.204. The molecular weight excluding hydrogens is 259 g/mol. The zero-order chi connectivity index (χ0) is 12.3. The fraction of sp³-hybridized carbons (Fsp3) is 0.400. The topological polar surface area (TPSA) is 35.2 Å². The average molecular weight is 270 g/mol. The van der Waals surface area contributed by atoms with Crippen LogP contribution in [0, 0.1) is 0 Å². The van der Waals surface area contributed by atoms with E-state index in [0.29, 0.717) is 0 Å². The molecule has 2 nitrogen and oxygen atoms in total. The molecule has 0 aromatic heterocycles. The summed E-state index contributed by atoms with van der Waals surface area (Å²) in [5.41, 5.74) is 5.54. The first-order valence-electron chi connectivity index (χ1n) is 4.52. The molecule has 0 aliphatic rings. The van der Waals surface area contributed by atoms with Crippen molar-refractivity contribution < 1.29 is 13.5 Å². The molecule has 1 atom stereocenters. The van der Waals surface area contributed by atoms with Crippen molar-refractivity contribution in [3.8, 4) is 5.75 Å². The van der Waals surface area contributed by atoms with Gasteiger partial charge in [0.05, 0.1) is 18.1 Å². The fourth-order valence-electron chi connectivity index (χ4n) is 1.44. The molecule has 0 aliphatic heterocycles. The van der Waals surface area contributed by atoms with Crippen molar-refractivity contribution in [3.05, 3.63) is 27.7 Å². The minimum atomic E-state index is -2.59. The van der Waals surface area contributed by atoms with Crippen LogP contribution in [0.2, 0.25) is 10.0 Å². The van der Waals surface area contributed by atoms with Gasteiger partial charge < -0.3 is 10.5 Å². The van der Waals surface area contributed by atoms with Crippen LogP contribution in [0.3, 0.4) is 0 Å². The summed E-state index contributed by atoms with van der Waals surface area (Å²) in [4.78, 5) is 0. The highest BCUT2D eigenvalue weighted by Crippen LogP contribution is 2.38. The molecule has 0 spiro atoms. The number of nitrogens with two attached hydrogens (primary N) is 1. The lowest BCUT2D eigenvalue weighted by atomic mass is 9.98. The van der Waals surface area contributed by atoms with Crippen molar-refractivity contribution in [3.63, 3.8) is 0 Å². The Hall–Kier alpha value is -0.580. The first kappa shape index (κ1) is 13.5. The van der Waals surface area contributed by atoms with Crippen molar-refractivity contribution in [2.45, 2.75) is 12.3 Å². The summed E-state index contributed by atoms with van der Waals surface area (Å²) in [7, 11) is 1.36. The van der Waals surface area contributed by atoms with Crippen LogP contribution in [0.25, 0.3) is 0 Å². The second-order valence-electron chi connectivity index (χ2n) is 3.19. The minimum Gasteiger partial charge on any atom is -0.495 e. The smallest absolute Gasteiger partial charge is 0.246 e. The molecule has 0 saturated heterocycles. The van der Waals surface area contributed by atoms with Gasteiger partial charge in [-0.25, -0.2) is 8.78 Å². The number of hydrogen-bond donors (Lipinski definition) is 1. The lowest BCUT2D eigenvalue weighted by molar-refractivity contribution is 0.116. The summed E-state index contributed by atoms with van der Waals surface area (Å²) in [5.74, 6) is -0.937. The van der Waals surface area contributed by atoms with Gasteiger partial charge in [0.2, 0.25) is 6.43 Å². The Balaban J connectivity index is 3.29. The Kier molecular flexibility index (Phi) is 4.77. The molecule has 1 aromatic rings. The molecule has 0 bridgehead atoms. The third-order valence-corrected chi connectivity index (χ3v) is 2.70. The molecule has 90 valence electrons. The van der Waals surface area contributed by atoms with Gasteiger partial charge in [-0.05, 0) is 12.1 Å². The van der Waals surface area contributed by atoms with Crippen molar-refractivity contribution in [1.82, 2.24) is 0 Å². The zero-order valence-corrected chi connectivity index (χ0v) is 10.0. The Labute approximate surface area is 102 Å². The lowest BCUT2D eigenvalue weighted by Crippen LogP contribution is -2.20. The van der Waals surface area contributed by atoms with Gasteiger partial charge >= 0.3 is 0 Å². The Bertz CT molecular complexity index is 374. The maximum atomic E-state index is 12.7. The van der Waals surface area contributed by atoms with E-state index in [9.17, 15) is 8.78 Å². The highest BCUT2D eigenvalue weighted by molar-refractivity contribution is 6.35. The Morgan fingerprint density at radius 3 is 2.44 bits per heavy atom.